The molecule has 0 saturated carbocycles. The number of hydrogen-bond acceptors (Lipinski definition) is 11. The minimum atomic E-state index is -6.15. The first kappa shape index (κ1) is 58.7. The van der Waals surface area contributed by atoms with E-state index < -0.39 is 115 Å². The van der Waals surface area contributed by atoms with Crippen LogP contribution in [0.5, 0.6) is 11.5 Å². The minimum absolute atomic E-state index is 0.188. The first-order valence-electron chi connectivity index (χ1n) is 16.1. The third-order valence-electron chi connectivity index (χ3n) is 6.88. The smallest absolute Gasteiger partial charge is 0.435 e. The summed E-state index contributed by atoms with van der Waals surface area (Å²) in [6.45, 7) is -10.3. The number of aromatic amines is 1. The SMILES string of the molecule is BrBr.O=S(=O)(OC(F)F)C(F)(F)F.O=c1c(Br)c(C(F)(F)F)nc2cc(OC(F)F)ccn12.O=c1cc(C(F)(F)F)nc2cc(OC(F)F)ccn12.O=c1ccn2c(=O)cc(C(F)(F)F)[nH]c2c1. The molecule has 6 aromatic heterocycles. The van der Waals surface area contributed by atoms with Crippen LogP contribution < -0.4 is 31.6 Å². The van der Waals surface area contributed by atoms with Gasteiger partial charge < -0.3 is 14.5 Å². The third-order valence-corrected chi connectivity index (χ3v) is 8.56. The molecule has 0 spiro atoms. The summed E-state index contributed by atoms with van der Waals surface area (Å²) in [5.41, 5.74) is -14.2. The van der Waals surface area contributed by atoms with E-state index in [-0.39, 0.29) is 11.4 Å². The van der Waals surface area contributed by atoms with Crippen LogP contribution in [0.25, 0.3) is 16.9 Å². The predicted molar refractivity (Wildman–Crippen MR) is 203 cm³/mol. The molecule has 0 atom stereocenters. The maximum Gasteiger partial charge on any atom is 0.523 e. The van der Waals surface area contributed by atoms with Crippen LogP contribution in [0.1, 0.15) is 17.1 Å². The maximum absolute atomic E-state index is 12.7. The minimum Gasteiger partial charge on any atom is -0.435 e. The van der Waals surface area contributed by atoms with Gasteiger partial charge in [-0.05, 0) is 28.1 Å². The molecule has 0 fully saturated rings. The van der Waals surface area contributed by atoms with Gasteiger partial charge in [0.1, 0.15) is 38.6 Å². The predicted octanol–water partition coefficient (Wildman–Crippen LogP) is 9.16. The van der Waals surface area contributed by atoms with Gasteiger partial charge in [-0.3, -0.25) is 32.4 Å². The summed E-state index contributed by atoms with van der Waals surface area (Å²) in [6, 6.07) is 6.46. The number of aromatic nitrogens is 6. The van der Waals surface area contributed by atoms with Gasteiger partial charge in [-0.15, -0.1) is 0 Å². The van der Waals surface area contributed by atoms with Crippen molar-refractivity contribution >= 4 is 71.2 Å². The summed E-state index contributed by atoms with van der Waals surface area (Å²) < 4.78 is 247. The van der Waals surface area contributed by atoms with Crippen molar-refractivity contribution in [2.45, 2.75) is 43.9 Å². The monoisotopic (exact) mass is 1230 g/mol. The lowest BCUT2D eigenvalue weighted by Gasteiger charge is -2.11. The van der Waals surface area contributed by atoms with Gasteiger partial charge in [0.25, 0.3) is 16.7 Å². The van der Waals surface area contributed by atoms with Crippen LogP contribution >= 0.6 is 44.2 Å². The molecule has 0 amide bonds. The van der Waals surface area contributed by atoms with Gasteiger partial charge in [-0.2, -0.15) is 91.6 Å². The highest BCUT2D eigenvalue weighted by atomic mass is 80.9. The van der Waals surface area contributed by atoms with Crippen molar-refractivity contribution in [3.8, 4) is 11.5 Å². The van der Waals surface area contributed by atoms with Crippen molar-refractivity contribution in [1.29, 1.82) is 0 Å². The highest BCUT2D eigenvalue weighted by Gasteiger charge is 2.49. The van der Waals surface area contributed by atoms with Crippen molar-refractivity contribution in [3.63, 3.8) is 0 Å². The Morgan fingerprint density at radius 2 is 1.06 bits per heavy atom. The fraction of sp³-hybridized carbons (Fsp3) is 0.226. The first-order valence-corrected chi connectivity index (χ1v) is 22.0. The number of ether oxygens (including phenoxy) is 2. The zero-order valence-electron chi connectivity index (χ0n) is 31.3. The molecule has 0 saturated heterocycles. The van der Waals surface area contributed by atoms with Crippen LogP contribution in [0.2, 0.25) is 0 Å². The van der Waals surface area contributed by atoms with E-state index in [2.05, 4.69) is 67.8 Å². The zero-order chi connectivity index (χ0) is 52.5. The van der Waals surface area contributed by atoms with E-state index in [0.29, 0.717) is 12.1 Å². The van der Waals surface area contributed by atoms with E-state index in [0.717, 1.165) is 68.2 Å². The second-order valence-electron chi connectivity index (χ2n) is 11.4. The van der Waals surface area contributed by atoms with E-state index in [1.54, 1.807) is 0 Å². The molecule has 68 heavy (non-hydrogen) atoms. The first-order chi connectivity index (χ1) is 31.0. The van der Waals surface area contributed by atoms with Crippen molar-refractivity contribution in [2.75, 3.05) is 0 Å². The van der Waals surface area contributed by atoms with E-state index in [9.17, 15) is 107 Å². The molecule has 15 nitrogen and oxygen atoms in total. The summed E-state index contributed by atoms with van der Waals surface area (Å²) in [4.78, 5) is 53.8. The Labute approximate surface area is 384 Å². The Bertz CT molecular complexity index is 3050. The van der Waals surface area contributed by atoms with Gasteiger partial charge in [0.05, 0.1) is 0 Å². The Balaban J connectivity index is 0.000000314. The fourth-order valence-electron chi connectivity index (χ4n) is 4.31. The van der Waals surface area contributed by atoms with Crippen LogP contribution in [0, 0.1) is 0 Å². The van der Waals surface area contributed by atoms with Crippen LogP contribution in [-0.2, 0) is 32.8 Å². The molecule has 0 aliphatic rings. The van der Waals surface area contributed by atoms with Crippen molar-refractivity contribution in [2.24, 2.45) is 0 Å². The average molecular weight is 1230 g/mol. The number of nitrogens with one attached hydrogen (secondary N) is 1. The lowest BCUT2D eigenvalue weighted by molar-refractivity contribution is -0.142. The Kier molecular flexibility index (Phi) is 20.1. The number of alkyl halides is 18. The fourth-order valence-corrected chi connectivity index (χ4v) is 5.11. The molecule has 0 unspecified atom stereocenters. The highest BCUT2D eigenvalue weighted by Crippen LogP contribution is 2.33. The van der Waals surface area contributed by atoms with Gasteiger partial charge in [0.15, 0.2) is 16.8 Å². The molecule has 6 heterocycles. The lowest BCUT2D eigenvalue weighted by atomic mass is 10.3. The molecule has 0 bridgehead atoms. The van der Waals surface area contributed by atoms with E-state index in [1.165, 1.54) is 0 Å². The number of hydrogen-bond donors (Lipinski definition) is 1. The third kappa shape index (κ3) is 16.7. The average Bonchev–Trinajstić information content (AvgIpc) is 3.18. The molecule has 0 aliphatic carbocycles. The summed E-state index contributed by atoms with van der Waals surface area (Å²) >= 11 is 8.03. The molecule has 1 N–H and O–H groups in total. The highest BCUT2D eigenvalue weighted by molar-refractivity contribution is 9.93. The largest absolute Gasteiger partial charge is 0.523 e. The Morgan fingerprint density at radius 3 is 1.49 bits per heavy atom. The zero-order valence-corrected chi connectivity index (χ0v) is 36.9. The van der Waals surface area contributed by atoms with Crippen LogP contribution in [0.3, 0.4) is 0 Å². The maximum atomic E-state index is 12.7. The molecule has 6 rings (SSSR count). The van der Waals surface area contributed by atoms with Crippen molar-refractivity contribution in [3.05, 3.63) is 130 Å². The van der Waals surface area contributed by atoms with Crippen LogP contribution in [-0.4, -0.2) is 61.9 Å². The van der Waals surface area contributed by atoms with Gasteiger partial charge in [0, 0.05) is 83.2 Å². The second kappa shape index (κ2) is 23.2. The number of nitrogens with zero attached hydrogens (tertiary/aromatic N) is 5. The number of pyridine rings is 3. The van der Waals surface area contributed by atoms with Crippen LogP contribution in [0.15, 0.2) is 90.8 Å². The van der Waals surface area contributed by atoms with Gasteiger partial charge in [-0.25, -0.2) is 9.97 Å². The molecule has 376 valence electrons. The Hall–Kier alpha value is -5.43. The quantitative estimate of drug-likeness (QED) is 0.0953. The van der Waals surface area contributed by atoms with E-state index in [1.807, 2.05) is 4.98 Å². The standard InChI is InChI=1S/C10H4BrF5N2O2.C10H5F5N2O2.C9H5F3N2O2.C2HF5O3S.Br2/c11-6-7(10(14,15)16)17-5-3-4(20-9(12)13)1-2-18(5)8(6)19;11-9(12)19-5-1-2-17-7(3-5)16-6(4-8(17)18)10(13,14)15;10-9(11,12)6-4-8(16)14-2-1-5(15)3-7(14)13-6;3-1(4)10-11(8,9)2(5,6)7;1-2/h1-3,9H;1-4,9H;1-4,13H;1H;. The topological polar surface area (TPSA) is 185 Å². The molecular formula is C31H15Br3F18N6O9S. The molecule has 0 aliphatic heterocycles. The van der Waals surface area contributed by atoms with E-state index >= 15 is 0 Å². The summed E-state index contributed by atoms with van der Waals surface area (Å²) in [7, 11) is -6.15. The van der Waals surface area contributed by atoms with Gasteiger partial charge in [0.2, 0.25) is 0 Å². The number of H-pyrrole nitrogens is 1. The molecule has 6 aromatic rings. The summed E-state index contributed by atoms with van der Waals surface area (Å²) in [5.74, 6) is -0.788. The number of rotatable bonds is 6. The lowest BCUT2D eigenvalue weighted by Crippen LogP contribution is -2.27. The molecular weight excluding hydrogens is 1210 g/mol. The van der Waals surface area contributed by atoms with Crippen molar-refractivity contribution < 1.29 is 101 Å². The normalized spacial score (nSPS) is 12.1. The number of fused-ring (bicyclic) bond motifs is 3. The molecule has 37 heteroatoms. The molecule has 0 aromatic carbocycles. The van der Waals surface area contributed by atoms with Crippen molar-refractivity contribution in [1.82, 2.24) is 28.2 Å². The molecule has 0 radical (unpaired) electrons. The number of halogens is 21. The Morgan fingerprint density at radius 1 is 0.588 bits per heavy atom. The summed E-state index contributed by atoms with van der Waals surface area (Å²) in [5, 5.41) is 0. The van der Waals surface area contributed by atoms with Gasteiger partial charge >= 0.3 is 54.0 Å². The van der Waals surface area contributed by atoms with Gasteiger partial charge in [-0.1, -0.05) is 0 Å². The van der Waals surface area contributed by atoms with Crippen LogP contribution in [0.4, 0.5) is 79.0 Å². The summed E-state index contributed by atoms with van der Waals surface area (Å²) in [6.07, 6.45) is -11.2. The van der Waals surface area contributed by atoms with E-state index in [4.69, 9.17) is 0 Å². The second-order valence-corrected chi connectivity index (χ2v) is 13.7.